The second-order valence-electron chi connectivity index (χ2n) is 16.1. The molecule has 0 bridgehead atoms. The third kappa shape index (κ3) is 7.06. The Bertz CT molecular complexity index is 2240. The number of aliphatic imine (C=N–C) groups is 2. The average molecular weight is 756 g/mol. The lowest BCUT2D eigenvalue weighted by molar-refractivity contribution is 0.0978. The van der Waals surface area contributed by atoms with Gasteiger partial charge in [-0.1, -0.05) is 39.0 Å². The fourth-order valence-electron chi connectivity index (χ4n) is 8.07. The van der Waals surface area contributed by atoms with E-state index in [9.17, 15) is 9.59 Å². The van der Waals surface area contributed by atoms with Gasteiger partial charge in [0.15, 0.2) is 23.0 Å². The van der Waals surface area contributed by atoms with Crippen LogP contribution in [0.15, 0.2) is 76.7 Å². The molecule has 4 heterocycles. The molecule has 0 fully saturated rings. The highest BCUT2D eigenvalue weighted by Gasteiger charge is 2.38. The standard InChI is InChI=1S/C45H49N5O6/c1-45(2,3)15-9-16-48(4)30-13-14-38-29(20-30)21-32-27-47-36-25-42(40(54-6)23-34(36)44(52)50(32)38)56-18-10-17-55-41-24-35-33(22-39(41)53-5)43(51)49-31(26-46-35)19-28-11-7-8-12-37(28)49/h7-8,11-14,20,22-27,31-32H,9-10,15-19,21H2,1-6H3/t31-,32-/m0/s1. The highest BCUT2D eigenvalue weighted by molar-refractivity contribution is 6.16. The summed E-state index contributed by atoms with van der Waals surface area (Å²) in [5.41, 5.74) is 7.59. The number of para-hydroxylation sites is 1. The minimum atomic E-state index is -0.179. The average Bonchev–Trinajstić information content (AvgIpc) is 3.67. The maximum Gasteiger partial charge on any atom is 0.261 e. The van der Waals surface area contributed by atoms with Gasteiger partial charge < -0.3 is 23.8 Å². The van der Waals surface area contributed by atoms with Crippen LogP contribution in [-0.4, -0.2) is 77.4 Å². The van der Waals surface area contributed by atoms with E-state index >= 15 is 0 Å². The molecule has 2 atom stereocenters. The van der Waals surface area contributed by atoms with Crippen LogP contribution in [-0.2, 0) is 12.8 Å². The first-order valence-corrected chi connectivity index (χ1v) is 19.4. The van der Waals surface area contributed by atoms with Crippen LogP contribution in [0.1, 0.15) is 71.9 Å². The normalized spacial score (nSPS) is 17.6. The van der Waals surface area contributed by atoms with E-state index in [1.54, 1.807) is 38.5 Å². The van der Waals surface area contributed by atoms with Crippen LogP contribution in [0.25, 0.3) is 0 Å². The second-order valence-corrected chi connectivity index (χ2v) is 16.1. The van der Waals surface area contributed by atoms with Crippen LogP contribution in [0.5, 0.6) is 23.0 Å². The molecule has 290 valence electrons. The maximum absolute atomic E-state index is 14.1. The molecule has 4 aliphatic rings. The monoisotopic (exact) mass is 755 g/mol. The van der Waals surface area contributed by atoms with E-state index < -0.39 is 0 Å². The van der Waals surface area contributed by atoms with E-state index in [1.165, 1.54) is 0 Å². The minimum absolute atomic E-state index is 0.114. The fraction of sp³-hybridized carbons (Fsp3) is 0.378. The summed E-state index contributed by atoms with van der Waals surface area (Å²) >= 11 is 0. The number of carbonyl (C=O) groups is 2. The van der Waals surface area contributed by atoms with Gasteiger partial charge >= 0.3 is 0 Å². The lowest BCUT2D eigenvalue weighted by Gasteiger charge is -2.24. The van der Waals surface area contributed by atoms with Gasteiger partial charge in [0.25, 0.3) is 11.8 Å². The quantitative estimate of drug-likeness (QED) is 0.134. The Balaban J connectivity index is 0.908. The Hall–Kier alpha value is -5.84. The molecule has 4 aromatic rings. The van der Waals surface area contributed by atoms with Crippen LogP contribution >= 0.6 is 0 Å². The van der Waals surface area contributed by atoms with Gasteiger partial charge in [-0.3, -0.25) is 29.4 Å². The van der Waals surface area contributed by atoms with Crippen LogP contribution in [0.4, 0.5) is 28.4 Å². The Kier molecular flexibility index (Phi) is 9.94. The minimum Gasteiger partial charge on any atom is -0.493 e. The molecule has 56 heavy (non-hydrogen) atoms. The van der Waals surface area contributed by atoms with Gasteiger partial charge in [-0.25, -0.2) is 0 Å². The molecule has 11 heteroatoms. The Morgan fingerprint density at radius 3 is 1.82 bits per heavy atom. The number of benzene rings is 4. The summed E-state index contributed by atoms with van der Waals surface area (Å²) in [6, 6.07) is 21.0. The van der Waals surface area contributed by atoms with Crippen LogP contribution in [0.3, 0.4) is 0 Å². The summed E-state index contributed by atoms with van der Waals surface area (Å²) in [4.78, 5) is 43.3. The first-order chi connectivity index (χ1) is 27.0. The van der Waals surface area contributed by atoms with E-state index in [2.05, 4.69) is 57.0 Å². The smallest absolute Gasteiger partial charge is 0.261 e. The van der Waals surface area contributed by atoms with Crippen molar-refractivity contribution in [2.45, 2.75) is 65.0 Å². The van der Waals surface area contributed by atoms with Crippen molar-refractivity contribution in [3.63, 3.8) is 0 Å². The molecule has 0 unspecified atom stereocenters. The highest BCUT2D eigenvalue weighted by atomic mass is 16.5. The summed E-state index contributed by atoms with van der Waals surface area (Å²) in [6.45, 7) is 8.45. The lowest BCUT2D eigenvalue weighted by atomic mass is 9.90. The largest absolute Gasteiger partial charge is 0.493 e. The number of hydrogen-bond donors (Lipinski definition) is 0. The van der Waals surface area contributed by atoms with E-state index in [1.807, 2.05) is 40.4 Å². The number of ether oxygens (including phenoxy) is 4. The SMILES string of the molecule is COc1cc2c(cc1OCCCOc1cc3c(cc1OC)C(=O)N1c4ccc(N(C)CCCC(C)(C)C)cc4C[C@H]1C=N3)N=C[C@@H]1Cc3ccccc3N1C2=O. The second kappa shape index (κ2) is 15.0. The zero-order chi connectivity index (χ0) is 39.1. The molecule has 0 aromatic heterocycles. The van der Waals surface area contributed by atoms with Crippen LogP contribution in [0.2, 0.25) is 0 Å². The molecule has 4 aromatic carbocycles. The Morgan fingerprint density at radius 1 is 0.696 bits per heavy atom. The number of amides is 2. The first-order valence-electron chi connectivity index (χ1n) is 19.4. The van der Waals surface area contributed by atoms with Gasteiger partial charge in [-0.2, -0.15) is 0 Å². The zero-order valence-electron chi connectivity index (χ0n) is 33.0. The molecule has 0 radical (unpaired) electrons. The molecule has 0 spiro atoms. The number of anilines is 3. The van der Waals surface area contributed by atoms with E-state index in [4.69, 9.17) is 28.9 Å². The van der Waals surface area contributed by atoms with Crippen molar-refractivity contribution in [1.29, 1.82) is 0 Å². The summed E-state index contributed by atoms with van der Waals surface area (Å²) in [6.07, 6.45) is 7.96. The number of nitrogens with zero attached hydrogens (tertiary/aromatic N) is 5. The number of methoxy groups -OCH3 is 2. The maximum atomic E-state index is 14.1. The van der Waals surface area contributed by atoms with Crippen LogP contribution in [0, 0.1) is 5.41 Å². The van der Waals surface area contributed by atoms with Gasteiger partial charge in [-0.05, 0) is 65.8 Å². The van der Waals surface area contributed by atoms with Crippen molar-refractivity contribution in [2.75, 3.05) is 55.7 Å². The first kappa shape index (κ1) is 37.1. The third-order valence-electron chi connectivity index (χ3n) is 11.0. The number of hydrogen-bond acceptors (Lipinski definition) is 9. The molecule has 0 saturated heterocycles. The zero-order valence-corrected chi connectivity index (χ0v) is 33.0. The van der Waals surface area contributed by atoms with Gasteiger partial charge in [0.1, 0.15) is 0 Å². The summed E-state index contributed by atoms with van der Waals surface area (Å²) in [5, 5.41) is 0. The summed E-state index contributed by atoms with van der Waals surface area (Å²) in [5.74, 6) is 1.67. The molecule has 0 aliphatic carbocycles. The number of fused-ring (bicyclic) bond motifs is 8. The molecule has 0 N–H and O–H groups in total. The van der Waals surface area contributed by atoms with Crippen molar-refractivity contribution in [2.24, 2.45) is 15.4 Å². The molecular formula is C45H49N5O6. The Labute approximate surface area is 328 Å². The fourth-order valence-corrected chi connectivity index (χ4v) is 8.07. The third-order valence-corrected chi connectivity index (χ3v) is 11.0. The number of rotatable bonds is 12. The summed E-state index contributed by atoms with van der Waals surface area (Å²) < 4.78 is 23.7. The molecule has 11 nitrogen and oxygen atoms in total. The predicted octanol–water partition coefficient (Wildman–Crippen LogP) is 8.39. The number of carbonyl (C=O) groups excluding carboxylic acids is 2. The molecule has 2 amide bonds. The summed E-state index contributed by atoms with van der Waals surface area (Å²) in [7, 11) is 5.26. The molecule has 0 saturated carbocycles. The molecular weight excluding hydrogens is 707 g/mol. The van der Waals surface area contributed by atoms with E-state index in [-0.39, 0.29) is 23.9 Å². The van der Waals surface area contributed by atoms with E-state index in [0.717, 1.165) is 54.0 Å². The van der Waals surface area contributed by atoms with E-state index in [0.29, 0.717) is 77.0 Å². The van der Waals surface area contributed by atoms with Gasteiger partial charge in [-0.15, -0.1) is 0 Å². The van der Waals surface area contributed by atoms with Gasteiger partial charge in [0.2, 0.25) is 0 Å². The van der Waals surface area contributed by atoms with Crippen LogP contribution < -0.4 is 33.6 Å². The van der Waals surface area contributed by atoms with Crippen molar-refractivity contribution < 1.29 is 28.5 Å². The van der Waals surface area contributed by atoms with Crippen molar-refractivity contribution in [3.05, 3.63) is 89.0 Å². The van der Waals surface area contributed by atoms with Crippen molar-refractivity contribution >= 4 is 52.7 Å². The lowest BCUT2D eigenvalue weighted by Crippen LogP contribution is -2.37. The molecule has 8 rings (SSSR count). The van der Waals surface area contributed by atoms with Crippen molar-refractivity contribution in [1.82, 2.24) is 0 Å². The topological polar surface area (TPSA) is 106 Å². The van der Waals surface area contributed by atoms with Crippen molar-refractivity contribution in [3.8, 4) is 23.0 Å². The molecule has 4 aliphatic heterocycles. The highest BCUT2D eigenvalue weighted by Crippen LogP contribution is 2.43. The Morgan fingerprint density at radius 2 is 1.25 bits per heavy atom. The predicted molar refractivity (Wildman–Crippen MR) is 221 cm³/mol. The van der Waals surface area contributed by atoms with Gasteiger partial charge in [0.05, 0.1) is 62.0 Å². The van der Waals surface area contributed by atoms with Gasteiger partial charge in [0, 0.05) is 74.5 Å².